The average Bonchev–Trinajstić information content (AvgIpc) is 1.54. The number of hydrogen-bond acceptors (Lipinski definition) is 3. The molecule has 0 saturated carbocycles. The molecule has 96 valence electrons. The van der Waals surface area contributed by atoms with Crippen molar-refractivity contribution in [1.82, 2.24) is 0 Å². The van der Waals surface area contributed by atoms with Crippen LogP contribution in [0, 0.1) is 0 Å². The summed E-state index contributed by atoms with van der Waals surface area (Å²) in [6.45, 7) is 3.25. The Morgan fingerprint density at radius 2 is 0.417 bits per heavy atom. The molecule has 0 saturated heterocycles. The minimum Gasteiger partial charge on any atom is -1.00 e. The van der Waals surface area contributed by atoms with Crippen LogP contribution in [0.1, 0.15) is 37.9 Å². The smallest absolute Gasteiger partial charge is 1.00 e. The van der Waals surface area contributed by atoms with Gasteiger partial charge in [-0.05, 0) is 0 Å². The fourth-order valence-electron chi connectivity index (χ4n) is 0. The van der Waals surface area contributed by atoms with Crippen LogP contribution in [0.4, 0.5) is 0 Å². The third-order valence-corrected chi connectivity index (χ3v) is 0. The van der Waals surface area contributed by atoms with Crippen molar-refractivity contribution in [3.05, 3.63) is 0 Å². The Bertz CT molecular complexity index is 167. The molecule has 0 rings (SSSR count). The summed E-state index contributed by atoms with van der Waals surface area (Å²) < 4.78 is 0. The summed E-state index contributed by atoms with van der Waals surface area (Å²) in [7, 11) is 0. The molecular formula is C6H24Na12O6. The zero-order valence-electron chi connectivity index (χ0n) is 31.1. The molecular weight excluding hydrogens is 444 g/mol. The van der Waals surface area contributed by atoms with Gasteiger partial charge in [0, 0.05) is 20.8 Å². The summed E-state index contributed by atoms with van der Waals surface area (Å²) in [6, 6.07) is 0. The first-order valence-corrected chi connectivity index (χ1v) is 2.78. The van der Waals surface area contributed by atoms with Crippen LogP contribution in [0.25, 0.3) is 0 Å². The molecule has 6 nitrogen and oxygen atoms in total. The average molecular weight is 468 g/mol. The molecule has 0 unspecified atom stereocenters. The Balaban J connectivity index is -0.00000000101. The van der Waals surface area contributed by atoms with Crippen molar-refractivity contribution < 1.29 is 402 Å². The van der Waals surface area contributed by atoms with Crippen LogP contribution >= 0.6 is 0 Å². The minimum atomic E-state index is -0.833. The fraction of sp³-hybridized carbons (Fsp3) is 0.500. The molecule has 0 aromatic heterocycles. The quantitative estimate of drug-likeness (QED) is 0.305. The minimum absolute atomic E-state index is 0. The van der Waals surface area contributed by atoms with Gasteiger partial charge in [0.25, 0.3) is 17.9 Å². The van der Waals surface area contributed by atoms with Crippen LogP contribution in [0.5, 0.6) is 0 Å². The monoisotopic (exact) mass is 468 g/mol. The molecule has 0 bridgehead atoms. The second-order valence-corrected chi connectivity index (χ2v) is 1.56. The van der Waals surface area contributed by atoms with E-state index in [0.29, 0.717) is 0 Å². The number of rotatable bonds is 0. The molecule has 0 amide bonds. The predicted molar refractivity (Wildman–Crippen MR) is 53.3 cm³/mol. The van der Waals surface area contributed by atoms with Crippen LogP contribution in [0.2, 0.25) is 0 Å². The van der Waals surface area contributed by atoms with E-state index in [2.05, 4.69) is 0 Å². The van der Waals surface area contributed by atoms with E-state index in [9.17, 15) is 0 Å². The number of carboxylic acids is 3. The summed E-state index contributed by atoms with van der Waals surface area (Å²) in [5.74, 6) is -2.50. The van der Waals surface area contributed by atoms with Crippen LogP contribution in [-0.2, 0) is 14.4 Å². The SMILES string of the molecule is CC(=O)O.CC(=O)O.CC(=O)O.[H-].[H-].[H-].[H-].[H-].[H-].[H-].[H-].[H-].[H-].[H-].[H-].[Na+].[Na+].[Na+].[Na+].[Na+].[Na+].[Na+].[Na+].[Na+].[Na+].[Na+].[Na+]. The van der Waals surface area contributed by atoms with Gasteiger partial charge in [-0.15, -0.1) is 0 Å². The van der Waals surface area contributed by atoms with Crippen LogP contribution in [0.3, 0.4) is 0 Å². The van der Waals surface area contributed by atoms with Gasteiger partial charge in [-0.3, -0.25) is 14.4 Å². The van der Waals surface area contributed by atoms with E-state index < -0.39 is 17.9 Å². The van der Waals surface area contributed by atoms with Gasteiger partial charge in [-0.1, -0.05) is 0 Å². The molecule has 0 aromatic rings. The molecule has 0 fully saturated rings. The molecule has 0 spiro atoms. The second kappa shape index (κ2) is 93.2. The molecule has 18 heteroatoms. The maximum Gasteiger partial charge on any atom is 1.00 e. The fourth-order valence-corrected chi connectivity index (χ4v) is 0. The van der Waals surface area contributed by atoms with Gasteiger partial charge in [0.15, 0.2) is 0 Å². The molecule has 0 radical (unpaired) electrons. The normalized spacial score (nSPS) is 3.12. The Kier molecular flexibility index (Phi) is 396. The molecule has 0 aliphatic carbocycles. The number of aliphatic carboxylic acids is 3. The maximum atomic E-state index is 9.00. The van der Waals surface area contributed by atoms with Crippen molar-refractivity contribution in [2.45, 2.75) is 20.8 Å². The van der Waals surface area contributed by atoms with E-state index in [0.717, 1.165) is 20.8 Å². The molecule has 0 heterocycles. The first-order valence-electron chi connectivity index (χ1n) is 2.78. The summed E-state index contributed by atoms with van der Waals surface area (Å²) >= 11 is 0. The zero-order valence-corrected chi connectivity index (χ0v) is 43.1. The Hall–Kier alpha value is 10.4. The topological polar surface area (TPSA) is 112 Å². The van der Waals surface area contributed by atoms with Crippen molar-refractivity contribution in [1.29, 1.82) is 0 Å². The van der Waals surface area contributed by atoms with Crippen molar-refractivity contribution in [3.8, 4) is 0 Å². The van der Waals surface area contributed by atoms with Crippen molar-refractivity contribution in [3.63, 3.8) is 0 Å². The van der Waals surface area contributed by atoms with Crippen LogP contribution < -0.4 is 355 Å². The Labute approximate surface area is 428 Å². The number of hydrogen-bond donors (Lipinski definition) is 3. The van der Waals surface area contributed by atoms with Crippen molar-refractivity contribution in [2.75, 3.05) is 0 Å². The van der Waals surface area contributed by atoms with Gasteiger partial charge in [0.1, 0.15) is 0 Å². The van der Waals surface area contributed by atoms with E-state index >= 15 is 0 Å². The third kappa shape index (κ3) is 295. The van der Waals surface area contributed by atoms with E-state index in [1.54, 1.807) is 0 Å². The summed E-state index contributed by atoms with van der Waals surface area (Å²) in [4.78, 5) is 27.0. The summed E-state index contributed by atoms with van der Waals surface area (Å²) in [5.41, 5.74) is 0. The van der Waals surface area contributed by atoms with Crippen molar-refractivity contribution >= 4 is 17.9 Å². The molecule has 0 aliphatic rings. The van der Waals surface area contributed by atoms with E-state index in [-0.39, 0.29) is 372 Å². The van der Waals surface area contributed by atoms with Gasteiger partial charge in [-0.25, -0.2) is 0 Å². The van der Waals surface area contributed by atoms with Gasteiger partial charge >= 0.3 is 355 Å². The first-order chi connectivity index (χ1) is 5.20. The number of carboxylic acid groups (broad SMARTS) is 3. The standard InChI is InChI=1S/3C2H4O2.12Na.12H/c3*1-2(3)4;;;;;;;;;;;;;;;;;;;;;;;;/h3*1H3,(H,3,4);;;;;;;;;;;;;;;;;;;;;;;;/q;;;12*+1;12*-1. The van der Waals surface area contributed by atoms with E-state index in [1.165, 1.54) is 0 Å². The predicted octanol–water partition coefficient (Wildman–Crippen LogP) is -34.3. The summed E-state index contributed by atoms with van der Waals surface area (Å²) in [6.07, 6.45) is 0. The van der Waals surface area contributed by atoms with Gasteiger partial charge in [-0.2, -0.15) is 0 Å². The molecule has 24 heavy (non-hydrogen) atoms. The van der Waals surface area contributed by atoms with E-state index in [4.69, 9.17) is 29.7 Å². The van der Waals surface area contributed by atoms with Crippen LogP contribution in [0.15, 0.2) is 0 Å². The van der Waals surface area contributed by atoms with Crippen LogP contribution in [-0.4, -0.2) is 33.2 Å². The maximum absolute atomic E-state index is 9.00. The third-order valence-electron chi connectivity index (χ3n) is 0. The van der Waals surface area contributed by atoms with Gasteiger partial charge < -0.3 is 32.4 Å². The number of carbonyl (C=O) groups is 3. The van der Waals surface area contributed by atoms with E-state index in [1.807, 2.05) is 0 Å². The molecule has 0 aliphatic heterocycles. The first kappa shape index (κ1) is 102. The Morgan fingerprint density at radius 3 is 0.417 bits per heavy atom. The van der Waals surface area contributed by atoms with Crippen molar-refractivity contribution in [2.24, 2.45) is 0 Å². The zero-order chi connectivity index (χ0) is 10.7. The molecule has 0 atom stereocenters. The molecule has 3 N–H and O–H groups in total. The second-order valence-electron chi connectivity index (χ2n) is 1.56. The van der Waals surface area contributed by atoms with Gasteiger partial charge in [0.05, 0.1) is 0 Å². The molecule has 0 aromatic carbocycles. The van der Waals surface area contributed by atoms with Gasteiger partial charge in [0.2, 0.25) is 0 Å². The Morgan fingerprint density at radius 1 is 0.417 bits per heavy atom. The largest absolute Gasteiger partial charge is 1.00 e. The summed E-state index contributed by atoms with van der Waals surface area (Å²) in [5, 5.41) is 22.2.